The molecular formula is C14H20N2O4. The lowest BCUT2D eigenvalue weighted by atomic mass is 10.1. The van der Waals surface area contributed by atoms with Crippen molar-refractivity contribution >= 4 is 17.7 Å². The van der Waals surface area contributed by atoms with Crippen molar-refractivity contribution < 1.29 is 19.1 Å². The van der Waals surface area contributed by atoms with Gasteiger partial charge in [-0.15, -0.1) is 0 Å². The number of urea groups is 1. The Balaban J connectivity index is 2.62. The first-order chi connectivity index (χ1) is 9.58. The minimum atomic E-state index is -0.440. The van der Waals surface area contributed by atoms with Gasteiger partial charge in [0.15, 0.2) is 0 Å². The molecule has 0 aromatic heterocycles. The molecule has 6 nitrogen and oxygen atoms in total. The van der Waals surface area contributed by atoms with E-state index < -0.39 is 5.97 Å². The predicted octanol–water partition coefficient (Wildman–Crippen LogP) is 1.94. The van der Waals surface area contributed by atoms with Gasteiger partial charge in [0.2, 0.25) is 0 Å². The van der Waals surface area contributed by atoms with Crippen LogP contribution < -0.4 is 10.6 Å². The minimum Gasteiger partial charge on any atom is -0.465 e. The fourth-order valence-corrected chi connectivity index (χ4v) is 1.55. The second-order valence-corrected chi connectivity index (χ2v) is 4.10. The Morgan fingerprint density at radius 2 is 2.05 bits per heavy atom. The predicted molar refractivity (Wildman–Crippen MR) is 76.0 cm³/mol. The van der Waals surface area contributed by atoms with Crippen molar-refractivity contribution in [3.05, 3.63) is 29.3 Å². The van der Waals surface area contributed by atoms with Crippen molar-refractivity contribution in [2.24, 2.45) is 0 Å². The summed E-state index contributed by atoms with van der Waals surface area (Å²) < 4.78 is 9.76. The van der Waals surface area contributed by atoms with E-state index in [4.69, 9.17) is 4.74 Å². The highest BCUT2D eigenvalue weighted by atomic mass is 16.5. The summed E-state index contributed by atoms with van der Waals surface area (Å²) in [5.41, 5.74) is 1.82. The lowest BCUT2D eigenvalue weighted by Crippen LogP contribution is -2.31. The van der Waals surface area contributed by atoms with Crippen LogP contribution in [0.5, 0.6) is 0 Å². The van der Waals surface area contributed by atoms with E-state index in [1.165, 1.54) is 7.11 Å². The van der Waals surface area contributed by atoms with E-state index in [0.29, 0.717) is 31.0 Å². The third kappa shape index (κ3) is 4.89. The lowest BCUT2D eigenvalue weighted by Gasteiger charge is -2.11. The molecule has 0 aliphatic carbocycles. The molecule has 0 radical (unpaired) electrons. The van der Waals surface area contributed by atoms with Gasteiger partial charge in [-0.2, -0.15) is 0 Å². The number of carbonyl (C=O) groups excluding carboxylic acids is 2. The second-order valence-electron chi connectivity index (χ2n) is 4.10. The van der Waals surface area contributed by atoms with Crippen LogP contribution in [0.25, 0.3) is 0 Å². The number of anilines is 1. The first-order valence-corrected chi connectivity index (χ1v) is 6.40. The van der Waals surface area contributed by atoms with Crippen LogP contribution in [-0.2, 0) is 9.47 Å². The van der Waals surface area contributed by atoms with Crippen LogP contribution in [0, 0.1) is 6.92 Å². The average Bonchev–Trinajstić information content (AvgIpc) is 2.45. The summed E-state index contributed by atoms with van der Waals surface area (Å²) >= 11 is 0. The number of hydrogen-bond acceptors (Lipinski definition) is 4. The van der Waals surface area contributed by atoms with E-state index in [1.54, 1.807) is 18.2 Å². The number of amides is 2. The maximum atomic E-state index is 11.7. The molecule has 0 aliphatic heterocycles. The van der Waals surface area contributed by atoms with Gasteiger partial charge < -0.3 is 20.1 Å². The molecule has 6 heteroatoms. The normalized spacial score (nSPS) is 9.95. The van der Waals surface area contributed by atoms with Crippen LogP contribution in [0.4, 0.5) is 10.5 Å². The summed E-state index contributed by atoms with van der Waals surface area (Å²) in [5, 5.41) is 5.36. The molecule has 2 N–H and O–H groups in total. The molecule has 110 valence electrons. The van der Waals surface area contributed by atoms with Crippen molar-refractivity contribution in [3.8, 4) is 0 Å². The maximum Gasteiger partial charge on any atom is 0.337 e. The Morgan fingerprint density at radius 1 is 1.30 bits per heavy atom. The smallest absolute Gasteiger partial charge is 0.337 e. The third-order valence-electron chi connectivity index (χ3n) is 2.64. The summed E-state index contributed by atoms with van der Waals surface area (Å²) in [6.07, 6.45) is 0. The number of nitrogens with one attached hydrogen (secondary N) is 2. The Kier molecular flexibility index (Phi) is 6.52. The summed E-state index contributed by atoms with van der Waals surface area (Å²) in [6, 6.07) is 4.65. The molecule has 0 atom stereocenters. The molecule has 0 aliphatic rings. The van der Waals surface area contributed by atoms with Crippen LogP contribution in [0.2, 0.25) is 0 Å². The highest BCUT2D eigenvalue weighted by molar-refractivity contribution is 5.94. The van der Waals surface area contributed by atoms with E-state index in [0.717, 1.165) is 5.56 Å². The number of benzene rings is 1. The van der Waals surface area contributed by atoms with Crippen molar-refractivity contribution in [1.29, 1.82) is 0 Å². The molecule has 0 unspecified atom stereocenters. The van der Waals surface area contributed by atoms with Crippen LogP contribution in [0.15, 0.2) is 18.2 Å². The van der Waals surface area contributed by atoms with Gasteiger partial charge in [-0.1, -0.05) is 6.07 Å². The average molecular weight is 280 g/mol. The maximum absolute atomic E-state index is 11.7. The van der Waals surface area contributed by atoms with Crippen molar-refractivity contribution in [3.63, 3.8) is 0 Å². The molecule has 0 heterocycles. The van der Waals surface area contributed by atoms with Gasteiger partial charge in [-0.25, -0.2) is 9.59 Å². The second kappa shape index (κ2) is 8.16. The molecule has 1 aromatic rings. The van der Waals surface area contributed by atoms with Gasteiger partial charge in [-0.3, -0.25) is 0 Å². The van der Waals surface area contributed by atoms with Gasteiger partial charge in [0.1, 0.15) is 0 Å². The van der Waals surface area contributed by atoms with Crippen LogP contribution in [0.3, 0.4) is 0 Å². The molecule has 0 spiro atoms. The molecule has 0 fully saturated rings. The zero-order chi connectivity index (χ0) is 15.0. The largest absolute Gasteiger partial charge is 0.465 e. The Morgan fingerprint density at radius 3 is 2.70 bits per heavy atom. The van der Waals surface area contributed by atoms with Gasteiger partial charge >= 0.3 is 12.0 Å². The van der Waals surface area contributed by atoms with Gasteiger partial charge in [-0.05, 0) is 31.5 Å². The monoisotopic (exact) mass is 280 g/mol. The number of rotatable bonds is 6. The topological polar surface area (TPSA) is 76.7 Å². The third-order valence-corrected chi connectivity index (χ3v) is 2.64. The standard InChI is InChI=1S/C14H20N2O4/c1-4-20-8-7-15-14(18)16-12-9-11(13(17)19-3)6-5-10(12)2/h5-6,9H,4,7-8H2,1-3H3,(H2,15,16,18). The number of ether oxygens (including phenoxy) is 2. The van der Waals surface area contributed by atoms with Crippen LogP contribution in [0.1, 0.15) is 22.8 Å². The van der Waals surface area contributed by atoms with E-state index in [-0.39, 0.29) is 6.03 Å². The SMILES string of the molecule is CCOCCNC(=O)Nc1cc(C(=O)OC)ccc1C. The summed E-state index contributed by atoms with van der Waals surface area (Å²) in [5.74, 6) is -0.440. The Labute approximate surface area is 118 Å². The summed E-state index contributed by atoms with van der Waals surface area (Å²) in [6.45, 7) is 5.24. The molecule has 0 bridgehead atoms. The van der Waals surface area contributed by atoms with Crippen LogP contribution in [-0.4, -0.2) is 38.9 Å². The van der Waals surface area contributed by atoms with E-state index >= 15 is 0 Å². The van der Waals surface area contributed by atoms with Crippen LogP contribution >= 0.6 is 0 Å². The Hall–Kier alpha value is -2.08. The number of esters is 1. The molecule has 2 amide bonds. The van der Waals surface area contributed by atoms with E-state index in [1.807, 2.05) is 13.8 Å². The zero-order valence-corrected chi connectivity index (χ0v) is 12.0. The Bertz CT molecular complexity index is 474. The highest BCUT2D eigenvalue weighted by Crippen LogP contribution is 2.17. The molecule has 0 saturated heterocycles. The van der Waals surface area contributed by atoms with Crippen molar-refractivity contribution in [2.45, 2.75) is 13.8 Å². The quantitative estimate of drug-likeness (QED) is 0.616. The molecule has 0 saturated carbocycles. The number of carbonyl (C=O) groups is 2. The summed E-state index contributed by atoms with van der Waals surface area (Å²) in [7, 11) is 1.32. The number of hydrogen-bond donors (Lipinski definition) is 2. The van der Waals surface area contributed by atoms with Crippen molar-refractivity contribution in [1.82, 2.24) is 5.32 Å². The van der Waals surface area contributed by atoms with E-state index in [2.05, 4.69) is 15.4 Å². The molecule has 1 rings (SSSR count). The van der Waals surface area contributed by atoms with Crippen molar-refractivity contribution in [2.75, 3.05) is 32.2 Å². The molecule has 20 heavy (non-hydrogen) atoms. The van der Waals surface area contributed by atoms with Gasteiger partial charge in [0, 0.05) is 18.8 Å². The first-order valence-electron chi connectivity index (χ1n) is 6.40. The van der Waals surface area contributed by atoms with Gasteiger partial charge in [0.05, 0.1) is 19.3 Å². The first kappa shape index (κ1) is 16.0. The molecular weight excluding hydrogens is 260 g/mol. The number of methoxy groups -OCH3 is 1. The zero-order valence-electron chi connectivity index (χ0n) is 12.0. The fourth-order valence-electron chi connectivity index (χ4n) is 1.55. The molecule has 1 aromatic carbocycles. The van der Waals surface area contributed by atoms with Gasteiger partial charge in [0.25, 0.3) is 0 Å². The fraction of sp³-hybridized carbons (Fsp3) is 0.429. The van der Waals surface area contributed by atoms with E-state index in [9.17, 15) is 9.59 Å². The summed E-state index contributed by atoms with van der Waals surface area (Å²) in [4.78, 5) is 23.1. The highest BCUT2D eigenvalue weighted by Gasteiger charge is 2.09. The lowest BCUT2D eigenvalue weighted by molar-refractivity contribution is 0.0600. The number of aryl methyl sites for hydroxylation is 1. The minimum absolute atomic E-state index is 0.338.